The van der Waals surface area contributed by atoms with E-state index >= 15 is 0 Å². The first kappa shape index (κ1) is 14.7. The molecule has 2 rings (SSSR count). The highest BCUT2D eigenvalue weighted by Crippen LogP contribution is 2.19. The molecule has 0 aliphatic carbocycles. The van der Waals surface area contributed by atoms with E-state index < -0.39 is 11.9 Å². The molecular formula is C15H14BrFN2O. The van der Waals surface area contributed by atoms with Crippen molar-refractivity contribution < 1.29 is 9.18 Å². The molecule has 0 aromatic heterocycles. The molecule has 0 saturated carbocycles. The molecule has 0 aliphatic rings. The molecule has 3 nitrogen and oxygen atoms in total. The van der Waals surface area contributed by atoms with Crippen LogP contribution in [0, 0.1) is 5.82 Å². The van der Waals surface area contributed by atoms with Gasteiger partial charge in [-0.15, -0.1) is 0 Å². The quantitative estimate of drug-likeness (QED) is 0.901. The number of nitrogens with two attached hydrogens (primary N) is 1. The van der Waals surface area contributed by atoms with Gasteiger partial charge in [0.05, 0.1) is 10.5 Å². The van der Waals surface area contributed by atoms with Crippen molar-refractivity contribution in [1.82, 2.24) is 0 Å². The molecule has 0 aliphatic heterocycles. The van der Waals surface area contributed by atoms with Gasteiger partial charge in [-0.25, -0.2) is 4.39 Å². The van der Waals surface area contributed by atoms with Gasteiger partial charge in [-0.05, 0) is 46.1 Å². The molecule has 1 amide bonds. The van der Waals surface area contributed by atoms with Crippen molar-refractivity contribution in [3.63, 3.8) is 0 Å². The van der Waals surface area contributed by atoms with E-state index in [2.05, 4.69) is 21.2 Å². The van der Waals surface area contributed by atoms with Crippen molar-refractivity contribution >= 4 is 27.5 Å². The van der Waals surface area contributed by atoms with Crippen LogP contribution in [0.25, 0.3) is 0 Å². The summed E-state index contributed by atoms with van der Waals surface area (Å²) in [4.78, 5) is 11.9. The van der Waals surface area contributed by atoms with E-state index in [9.17, 15) is 9.18 Å². The average molecular weight is 337 g/mol. The summed E-state index contributed by atoms with van der Waals surface area (Å²) in [5.74, 6) is -0.769. The number of halogens is 2. The van der Waals surface area contributed by atoms with Crippen molar-refractivity contribution in [1.29, 1.82) is 0 Å². The molecule has 5 heteroatoms. The van der Waals surface area contributed by atoms with E-state index in [0.717, 1.165) is 5.56 Å². The average Bonchev–Trinajstić information content (AvgIpc) is 2.44. The number of carbonyl (C=O) groups excluding carboxylic acids is 1. The maximum atomic E-state index is 13.3. The largest absolute Gasteiger partial charge is 0.325 e. The Kier molecular flexibility index (Phi) is 4.87. The van der Waals surface area contributed by atoms with Gasteiger partial charge in [0.1, 0.15) is 5.82 Å². The highest BCUT2D eigenvalue weighted by atomic mass is 79.9. The predicted molar refractivity (Wildman–Crippen MR) is 80.9 cm³/mol. The van der Waals surface area contributed by atoms with Crippen LogP contribution in [0.4, 0.5) is 10.1 Å². The molecular weight excluding hydrogens is 323 g/mol. The van der Waals surface area contributed by atoms with Gasteiger partial charge in [-0.3, -0.25) is 4.79 Å². The Hall–Kier alpha value is -1.72. The summed E-state index contributed by atoms with van der Waals surface area (Å²) >= 11 is 3.06. The second kappa shape index (κ2) is 6.63. The van der Waals surface area contributed by atoms with Crippen molar-refractivity contribution in [2.24, 2.45) is 5.73 Å². The Labute approximate surface area is 125 Å². The van der Waals surface area contributed by atoms with E-state index in [-0.39, 0.29) is 5.91 Å². The maximum absolute atomic E-state index is 13.3. The summed E-state index contributed by atoms with van der Waals surface area (Å²) in [6, 6.07) is 13.2. The van der Waals surface area contributed by atoms with Crippen LogP contribution < -0.4 is 11.1 Å². The third-order valence-electron chi connectivity index (χ3n) is 2.82. The van der Waals surface area contributed by atoms with Gasteiger partial charge in [0.15, 0.2) is 0 Å². The molecule has 0 heterocycles. The van der Waals surface area contributed by atoms with Gasteiger partial charge in [0.25, 0.3) is 0 Å². The van der Waals surface area contributed by atoms with E-state index in [1.165, 1.54) is 12.1 Å². The van der Waals surface area contributed by atoms with Gasteiger partial charge < -0.3 is 11.1 Å². The van der Waals surface area contributed by atoms with E-state index in [0.29, 0.717) is 16.6 Å². The maximum Gasteiger partial charge on any atom is 0.241 e. The number of nitrogens with one attached hydrogen (secondary N) is 1. The zero-order valence-electron chi connectivity index (χ0n) is 10.6. The van der Waals surface area contributed by atoms with Crippen LogP contribution in [0.3, 0.4) is 0 Å². The fourth-order valence-corrected chi connectivity index (χ4v) is 2.02. The molecule has 104 valence electrons. The van der Waals surface area contributed by atoms with Gasteiger partial charge in [-0.1, -0.05) is 30.3 Å². The Bertz CT molecular complexity index is 604. The van der Waals surface area contributed by atoms with Gasteiger partial charge in [-0.2, -0.15) is 0 Å². The Morgan fingerprint density at radius 1 is 1.25 bits per heavy atom. The number of amides is 1. The zero-order chi connectivity index (χ0) is 14.5. The van der Waals surface area contributed by atoms with Crippen molar-refractivity contribution in [2.45, 2.75) is 12.5 Å². The lowest BCUT2D eigenvalue weighted by Gasteiger charge is -2.12. The molecule has 0 radical (unpaired) electrons. The first-order chi connectivity index (χ1) is 9.56. The topological polar surface area (TPSA) is 55.1 Å². The van der Waals surface area contributed by atoms with E-state index in [1.807, 2.05) is 30.3 Å². The molecule has 2 aromatic carbocycles. The standard InChI is InChI=1S/C15H14BrFN2O/c16-12-7-6-11(9-13(12)17)19-15(20)14(18)8-10-4-2-1-3-5-10/h1-7,9,14H,8,18H2,(H,19,20)/t14-/m0/s1. The molecule has 3 N–H and O–H groups in total. The summed E-state index contributed by atoms with van der Waals surface area (Å²) in [6.45, 7) is 0. The molecule has 0 bridgehead atoms. The van der Waals surface area contributed by atoms with Crippen LogP contribution in [-0.2, 0) is 11.2 Å². The monoisotopic (exact) mass is 336 g/mol. The first-order valence-corrected chi connectivity index (χ1v) is 6.91. The van der Waals surface area contributed by atoms with Crippen molar-refractivity contribution in [3.05, 3.63) is 64.4 Å². The SMILES string of the molecule is N[C@@H](Cc1ccccc1)C(=O)Nc1ccc(Br)c(F)c1. The van der Waals surface area contributed by atoms with Crippen LogP contribution in [-0.4, -0.2) is 11.9 Å². The minimum absolute atomic E-state index is 0.337. The minimum atomic E-state index is -0.677. The second-order valence-corrected chi connectivity index (χ2v) is 5.27. The molecule has 0 spiro atoms. The van der Waals surface area contributed by atoms with Gasteiger partial charge in [0.2, 0.25) is 5.91 Å². The lowest BCUT2D eigenvalue weighted by atomic mass is 10.1. The van der Waals surface area contributed by atoms with Crippen LogP contribution in [0.1, 0.15) is 5.56 Å². The normalized spacial score (nSPS) is 11.9. The summed E-state index contributed by atoms with van der Waals surface area (Å²) in [7, 11) is 0. The number of hydrogen-bond acceptors (Lipinski definition) is 2. The van der Waals surface area contributed by atoms with Gasteiger partial charge >= 0.3 is 0 Å². The highest BCUT2D eigenvalue weighted by Gasteiger charge is 2.14. The Morgan fingerprint density at radius 3 is 2.60 bits per heavy atom. The Balaban J connectivity index is 1.99. The Morgan fingerprint density at radius 2 is 1.95 bits per heavy atom. The van der Waals surface area contributed by atoms with Crippen LogP contribution in [0.5, 0.6) is 0 Å². The number of carbonyl (C=O) groups is 1. The fraction of sp³-hybridized carbons (Fsp3) is 0.133. The number of anilines is 1. The van der Waals surface area contributed by atoms with Crippen molar-refractivity contribution in [2.75, 3.05) is 5.32 Å². The molecule has 20 heavy (non-hydrogen) atoms. The molecule has 1 atom stereocenters. The summed E-state index contributed by atoms with van der Waals surface area (Å²) < 4.78 is 13.7. The van der Waals surface area contributed by atoms with E-state index in [1.54, 1.807) is 6.07 Å². The molecule has 2 aromatic rings. The number of rotatable bonds is 4. The molecule has 0 fully saturated rings. The molecule has 0 saturated heterocycles. The van der Waals surface area contributed by atoms with Gasteiger partial charge in [0, 0.05) is 5.69 Å². The summed E-state index contributed by atoms with van der Waals surface area (Å²) in [5, 5.41) is 2.61. The van der Waals surface area contributed by atoms with Crippen molar-refractivity contribution in [3.8, 4) is 0 Å². The number of hydrogen-bond donors (Lipinski definition) is 2. The third kappa shape index (κ3) is 3.88. The summed E-state index contributed by atoms with van der Waals surface area (Å²) in [5.41, 5.74) is 7.22. The van der Waals surface area contributed by atoms with Crippen LogP contribution in [0.15, 0.2) is 53.0 Å². The first-order valence-electron chi connectivity index (χ1n) is 6.11. The lowest BCUT2D eigenvalue weighted by Crippen LogP contribution is -2.37. The van der Waals surface area contributed by atoms with E-state index in [4.69, 9.17) is 5.73 Å². The second-order valence-electron chi connectivity index (χ2n) is 4.41. The third-order valence-corrected chi connectivity index (χ3v) is 3.47. The van der Waals surface area contributed by atoms with Crippen LogP contribution >= 0.6 is 15.9 Å². The lowest BCUT2D eigenvalue weighted by molar-refractivity contribution is -0.117. The zero-order valence-corrected chi connectivity index (χ0v) is 12.2. The highest BCUT2D eigenvalue weighted by molar-refractivity contribution is 9.10. The molecule has 0 unspecified atom stereocenters. The number of benzene rings is 2. The minimum Gasteiger partial charge on any atom is -0.325 e. The van der Waals surface area contributed by atoms with Crippen LogP contribution in [0.2, 0.25) is 0 Å². The smallest absolute Gasteiger partial charge is 0.241 e. The fourth-order valence-electron chi connectivity index (χ4n) is 1.77. The predicted octanol–water partition coefficient (Wildman–Crippen LogP) is 3.10. The summed E-state index contributed by atoms with van der Waals surface area (Å²) in [6.07, 6.45) is 0.436.